The summed E-state index contributed by atoms with van der Waals surface area (Å²) in [4.78, 5) is 13.8. The van der Waals surface area contributed by atoms with Crippen LogP contribution in [-0.4, -0.2) is 25.2 Å². The number of amides is 2. The van der Waals surface area contributed by atoms with E-state index in [1.165, 1.54) is 16.7 Å². The molecule has 0 aromatic heterocycles. The van der Waals surface area contributed by atoms with Crippen molar-refractivity contribution >= 4 is 11.7 Å². The number of hydrogen-bond acceptors (Lipinski definition) is 1. The zero-order valence-electron chi connectivity index (χ0n) is 15.1. The zero-order valence-corrected chi connectivity index (χ0v) is 15.1. The Bertz CT molecular complexity index is 706. The summed E-state index contributed by atoms with van der Waals surface area (Å²) in [6, 6.07) is 16.8. The third-order valence-corrected chi connectivity index (χ3v) is 5.09. The van der Waals surface area contributed by atoms with Gasteiger partial charge in [0, 0.05) is 30.1 Å². The van der Waals surface area contributed by atoms with Gasteiger partial charge in [0.15, 0.2) is 0 Å². The molecule has 1 fully saturated rings. The van der Waals surface area contributed by atoms with Crippen LogP contribution in [0.25, 0.3) is 0 Å². The van der Waals surface area contributed by atoms with E-state index in [9.17, 15) is 4.79 Å². The summed E-state index contributed by atoms with van der Waals surface area (Å²) in [5, 5.41) is 6.07. The van der Waals surface area contributed by atoms with E-state index in [1.54, 1.807) is 4.90 Å². The number of anilines is 1. The molecule has 2 aromatic rings. The van der Waals surface area contributed by atoms with Crippen molar-refractivity contribution in [1.82, 2.24) is 5.32 Å². The molecule has 0 saturated carbocycles. The molecule has 1 saturated heterocycles. The third-order valence-electron chi connectivity index (χ3n) is 5.09. The van der Waals surface area contributed by atoms with E-state index in [-0.39, 0.29) is 12.1 Å². The largest absolute Gasteiger partial charge is 0.335 e. The van der Waals surface area contributed by atoms with Crippen LogP contribution in [0.3, 0.4) is 0 Å². The Morgan fingerprint density at radius 2 is 1.76 bits per heavy atom. The van der Waals surface area contributed by atoms with Crippen molar-refractivity contribution in [3.05, 3.63) is 65.2 Å². The molecule has 25 heavy (non-hydrogen) atoms. The van der Waals surface area contributed by atoms with Gasteiger partial charge in [0.1, 0.15) is 6.54 Å². The van der Waals surface area contributed by atoms with Crippen LogP contribution in [0.15, 0.2) is 48.5 Å². The second kappa shape index (κ2) is 8.17. The average Bonchev–Trinajstić information content (AvgIpc) is 2.61. The summed E-state index contributed by atoms with van der Waals surface area (Å²) in [5.74, 6) is 0. The van der Waals surface area contributed by atoms with E-state index in [1.807, 2.05) is 18.2 Å². The quantitative estimate of drug-likeness (QED) is 0.788. The van der Waals surface area contributed by atoms with Crippen LogP contribution in [0.4, 0.5) is 10.5 Å². The molecule has 1 aliphatic rings. The van der Waals surface area contributed by atoms with Gasteiger partial charge >= 0.3 is 6.03 Å². The van der Waals surface area contributed by atoms with Crippen LogP contribution in [0.5, 0.6) is 0 Å². The Labute approximate surface area is 150 Å². The van der Waals surface area contributed by atoms with E-state index in [0.29, 0.717) is 0 Å². The second-order valence-corrected chi connectivity index (χ2v) is 7.08. The first kappa shape index (κ1) is 17.5. The number of benzene rings is 2. The fourth-order valence-electron chi connectivity index (χ4n) is 3.40. The van der Waals surface area contributed by atoms with Crippen LogP contribution in [0.1, 0.15) is 29.5 Å². The van der Waals surface area contributed by atoms with Gasteiger partial charge in [-0.25, -0.2) is 4.79 Å². The lowest BCUT2D eigenvalue weighted by atomic mass is 10.0. The number of urea groups is 1. The van der Waals surface area contributed by atoms with Crippen molar-refractivity contribution in [1.29, 1.82) is 0 Å². The topological polar surface area (TPSA) is 45.6 Å². The van der Waals surface area contributed by atoms with Gasteiger partial charge in [-0.3, -0.25) is 0 Å². The van der Waals surface area contributed by atoms with Gasteiger partial charge in [0.2, 0.25) is 0 Å². The fraction of sp³-hybridized carbons (Fsp3) is 0.381. The fourth-order valence-corrected chi connectivity index (χ4v) is 3.40. The number of aryl methyl sites for hydroxylation is 2. The normalized spacial score (nSPS) is 20.1. The molecule has 4 heteroatoms. The summed E-state index contributed by atoms with van der Waals surface area (Å²) in [6.07, 6.45) is 2.06. The van der Waals surface area contributed by atoms with Crippen LogP contribution in [-0.2, 0) is 6.54 Å². The summed E-state index contributed by atoms with van der Waals surface area (Å²) in [6.45, 7) is 7.41. The zero-order chi connectivity index (χ0) is 17.6. The highest BCUT2D eigenvalue weighted by molar-refractivity contribution is 5.89. The molecule has 132 valence electrons. The maximum absolute atomic E-state index is 12.2. The summed E-state index contributed by atoms with van der Waals surface area (Å²) in [5.41, 5.74) is 4.67. The van der Waals surface area contributed by atoms with Gasteiger partial charge in [0.25, 0.3) is 0 Å². The minimum atomic E-state index is -0.0974. The van der Waals surface area contributed by atoms with Crippen LogP contribution < -0.4 is 15.5 Å². The van der Waals surface area contributed by atoms with Crippen LogP contribution in [0.2, 0.25) is 0 Å². The monoisotopic (exact) mass is 338 g/mol. The Morgan fingerprint density at radius 1 is 1.04 bits per heavy atom. The maximum Gasteiger partial charge on any atom is 0.319 e. The molecule has 0 radical (unpaired) electrons. The highest BCUT2D eigenvalue weighted by atomic mass is 16.2. The molecule has 1 heterocycles. The van der Waals surface area contributed by atoms with Gasteiger partial charge in [-0.05, 0) is 37.1 Å². The number of carbonyl (C=O) groups is 1. The number of piperidine rings is 1. The van der Waals surface area contributed by atoms with Gasteiger partial charge in [0.05, 0.1) is 13.1 Å². The predicted molar refractivity (Wildman–Crippen MR) is 102 cm³/mol. The smallest absolute Gasteiger partial charge is 0.319 e. The van der Waals surface area contributed by atoms with Crippen molar-refractivity contribution in [3.8, 4) is 0 Å². The van der Waals surface area contributed by atoms with Crippen molar-refractivity contribution in [2.24, 2.45) is 0 Å². The molecule has 3 N–H and O–H groups in total. The Hall–Kier alpha value is -2.33. The SMILES string of the molecule is Cc1ccc(NC(=O)NC2CC[NH+](Cc3ccccc3)CC2)cc1C. The number of nitrogens with one attached hydrogen (secondary N) is 3. The second-order valence-electron chi connectivity index (χ2n) is 7.08. The van der Waals surface area contributed by atoms with Gasteiger partial charge in [-0.1, -0.05) is 36.4 Å². The molecule has 4 nitrogen and oxygen atoms in total. The standard InChI is InChI=1S/C21H27N3O/c1-16-8-9-20(14-17(16)2)23-21(25)22-19-10-12-24(13-11-19)15-18-6-4-3-5-7-18/h3-9,14,19H,10-13,15H2,1-2H3,(H2,22,23,25)/p+1. The Morgan fingerprint density at radius 3 is 2.44 bits per heavy atom. The lowest BCUT2D eigenvalue weighted by molar-refractivity contribution is -0.918. The highest BCUT2D eigenvalue weighted by Crippen LogP contribution is 2.14. The lowest BCUT2D eigenvalue weighted by Crippen LogP contribution is -3.12. The Kier molecular flexibility index (Phi) is 5.71. The molecule has 0 atom stereocenters. The van der Waals surface area contributed by atoms with Gasteiger partial charge in [-0.2, -0.15) is 0 Å². The number of quaternary nitrogens is 1. The number of likely N-dealkylation sites (tertiary alicyclic amines) is 1. The van der Waals surface area contributed by atoms with Crippen molar-refractivity contribution in [3.63, 3.8) is 0 Å². The molecular weight excluding hydrogens is 310 g/mol. The number of hydrogen-bond donors (Lipinski definition) is 3. The molecule has 3 rings (SSSR count). The Balaban J connectivity index is 1.43. The van der Waals surface area contributed by atoms with Crippen LogP contribution in [0, 0.1) is 13.8 Å². The van der Waals surface area contributed by atoms with E-state index >= 15 is 0 Å². The molecule has 2 aromatic carbocycles. The molecular formula is C21H28N3O+. The van der Waals surface area contributed by atoms with Gasteiger partial charge < -0.3 is 15.5 Å². The van der Waals surface area contributed by atoms with Crippen molar-refractivity contribution in [2.75, 3.05) is 18.4 Å². The molecule has 0 aliphatic carbocycles. The van der Waals surface area contributed by atoms with Crippen molar-refractivity contribution in [2.45, 2.75) is 39.3 Å². The molecule has 0 spiro atoms. The highest BCUT2D eigenvalue weighted by Gasteiger charge is 2.23. The first-order valence-corrected chi connectivity index (χ1v) is 9.12. The number of rotatable bonds is 4. The molecule has 0 bridgehead atoms. The van der Waals surface area contributed by atoms with E-state index in [4.69, 9.17) is 0 Å². The van der Waals surface area contributed by atoms with Crippen LogP contribution >= 0.6 is 0 Å². The minimum Gasteiger partial charge on any atom is -0.335 e. The van der Waals surface area contributed by atoms with E-state index in [2.05, 4.69) is 54.8 Å². The van der Waals surface area contributed by atoms with E-state index in [0.717, 1.165) is 38.2 Å². The van der Waals surface area contributed by atoms with Crippen molar-refractivity contribution < 1.29 is 9.69 Å². The summed E-state index contributed by atoms with van der Waals surface area (Å²) in [7, 11) is 0. The predicted octanol–water partition coefficient (Wildman–Crippen LogP) is 2.67. The minimum absolute atomic E-state index is 0.0974. The molecule has 1 aliphatic heterocycles. The first-order valence-electron chi connectivity index (χ1n) is 9.12. The van der Waals surface area contributed by atoms with Gasteiger partial charge in [-0.15, -0.1) is 0 Å². The average molecular weight is 338 g/mol. The molecule has 2 amide bonds. The summed E-state index contributed by atoms with van der Waals surface area (Å²) >= 11 is 0. The first-order chi connectivity index (χ1) is 12.1. The summed E-state index contributed by atoms with van der Waals surface area (Å²) < 4.78 is 0. The maximum atomic E-state index is 12.2. The lowest BCUT2D eigenvalue weighted by Gasteiger charge is -2.29. The van der Waals surface area contributed by atoms with E-state index < -0.39 is 0 Å². The number of carbonyl (C=O) groups excluding carboxylic acids is 1. The third kappa shape index (κ3) is 5.07. The molecule has 0 unspecified atom stereocenters.